The van der Waals surface area contributed by atoms with Gasteiger partial charge in [-0.1, -0.05) is 12.1 Å². The maximum Gasteiger partial charge on any atom is 0.120 e. The third-order valence-electron chi connectivity index (χ3n) is 3.25. The molecule has 0 spiro atoms. The summed E-state index contributed by atoms with van der Waals surface area (Å²) >= 11 is 0. The molecule has 0 fully saturated rings. The molecule has 2 aromatic heterocycles. The van der Waals surface area contributed by atoms with Crippen molar-refractivity contribution in [3.05, 3.63) is 53.7 Å². The van der Waals surface area contributed by atoms with E-state index >= 15 is 0 Å². The van der Waals surface area contributed by atoms with Crippen LogP contribution in [0.3, 0.4) is 0 Å². The summed E-state index contributed by atoms with van der Waals surface area (Å²) in [6.45, 7) is 0.423. The molecule has 3 aromatic rings. The maximum absolute atomic E-state index is 5.64. The van der Waals surface area contributed by atoms with Crippen molar-refractivity contribution >= 4 is 11.0 Å². The van der Waals surface area contributed by atoms with E-state index in [1.807, 2.05) is 31.3 Å². The zero-order valence-electron chi connectivity index (χ0n) is 10.3. The van der Waals surface area contributed by atoms with Crippen LogP contribution in [0.25, 0.3) is 11.0 Å². The Morgan fingerprint density at radius 1 is 1.28 bits per heavy atom. The van der Waals surface area contributed by atoms with Gasteiger partial charge in [0, 0.05) is 19.0 Å². The predicted molar refractivity (Wildman–Crippen MR) is 70.1 cm³/mol. The fraction of sp³-hybridized carbons (Fsp3) is 0.214. The molecule has 4 heteroatoms. The third-order valence-corrected chi connectivity index (χ3v) is 3.25. The average molecular weight is 241 g/mol. The molecule has 0 saturated carbocycles. The summed E-state index contributed by atoms with van der Waals surface area (Å²) < 4.78 is 7.45. The van der Waals surface area contributed by atoms with Gasteiger partial charge in [-0.15, -0.1) is 0 Å². The summed E-state index contributed by atoms with van der Waals surface area (Å²) in [4.78, 5) is 4.64. The van der Waals surface area contributed by atoms with Gasteiger partial charge in [0.1, 0.15) is 11.6 Å². The zero-order chi connectivity index (χ0) is 12.5. The number of fused-ring (bicyclic) bond motifs is 1. The lowest BCUT2D eigenvalue weighted by atomic mass is 10.2. The number of aryl methyl sites for hydroxylation is 1. The minimum absolute atomic E-state index is 0.423. The van der Waals surface area contributed by atoms with Gasteiger partial charge >= 0.3 is 0 Å². The highest BCUT2D eigenvalue weighted by Crippen LogP contribution is 2.19. The predicted octanol–water partition coefficient (Wildman–Crippen LogP) is 2.22. The summed E-state index contributed by atoms with van der Waals surface area (Å²) in [6.07, 6.45) is 2.42. The van der Waals surface area contributed by atoms with Gasteiger partial charge in [-0.25, -0.2) is 4.98 Å². The van der Waals surface area contributed by atoms with Gasteiger partial charge in [0.15, 0.2) is 0 Å². The number of benzene rings is 1. The largest absolute Gasteiger partial charge is 0.468 e. The Labute approximate surface area is 105 Å². The van der Waals surface area contributed by atoms with E-state index in [0.29, 0.717) is 6.54 Å². The molecular formula is C14H15N3O. The van der Waals surface area contributed by atoms with E-state index in [1.165, 1.54) is 0 Å². The average Bonchev–Trinajstić information content (AvgIpc) is 2.96. The number of hydrogen-bond acceptors (Lipinski definition) is 3. The Morgan fingerprint density at radius 3 is 2.89 bits per heavy atom. The number of imidazole rings is 1. The van der Waals surface area contributed by atoms with Gasteiger partial charge in [-0.2, -0.15) is 0 Å². The number of aromatic nitrogens is 2. The number of para-hydroxylation sites is 2. The summed E-state index contributed by atoms with van der Waals surface area (Å²) in [5, 5.41) is 0. The van der Waals surface area contributed by atoms with Crippen LogP contribution in [0.1, 0.15) is 17.1 Å². The summed E-state index contributed by atoms with van der Waals surface area (Å²) in [5.74, 6) is 1.86. The van der Waals surface area contributed by atoms with Crippen LogP contribution in [-0.2, 0) is 20.0 Å². The van der Waals surface area contributed by atoms with Crippen LogP contribution >= 0.6 is 0 Å². The zero-order valence-corrected chi connectivity index (χ0v) is 10.3. The number of hydrogen-bond donors (Lipinski definition) is 1. The van der Waals surface area contributed by atoms with Gasteiger partial charge in [0.05, 0.1) is 23.8 Å². The molecule has 3 rings (SSSR count). The highest BCUT2D eigenvalue weighted by atomic mass is 16.3. The number of nitrogens with two attached hydrogens (primary N) is 1. The summed E-state index contributed by atoms with van der Waals surface area (Å²) in [7, 11) is 2.03. The fourth-order valence-electron chi connectivity index (χ4n) is 2.23. The molecule has 0 bridgehead atoms. The van der Waals surface area contributed by atoms with E-state index in [2.05, 4.69) is 15.6 Å². The second kappa shape index (κ2) is 4.31. The van der Waals surface area contributed by atoms with Crippen LogP contribution in [0.4, 0.5) is 0 Å². The first-order valence-electron chi connectivity index (χ1n) is 5.95. The Bertz CT molecular complexity index is 681. The van der Waals surface area contributed by atoms with Crippen molar-refractivity contribution in [1.29, 1.82) is 0 Å². The molecule has 18 heavy (non-hydrogen) atoms. The molecular weight excluding hydrogens is 226 g/mol. The number of nitrogens with zero attached hydrogens (tertiary/aromatic N) is 2. The van der Waals surface area contributed by atoms with Gasteiger partial charge in [0.2, 0.25) is 0 Å². The number of rotatable bonds is 3. The van der Waals surface area contributed by atoms with Gasteiger partial charge in [0.25, 0.3) is 0 Å². The maximum atomic E-state index is 5.64. The van der Waals surface area contributed by atoms with Crippen molar-refractivity contribution in [2.24, 2.45) is 12.8 Å². The molecule has 2 heterocycles. The van der Waals surface area contributed by atoms with Crippen molar-refractivity contribution < 1.29 is 4.42 Å². The van der Waals surface area contributed by atoms with Crippen molar-refractivity contribution in [2.45, 2.75) is 13.0 Å². The second-order valence-corrected chi connectivity index (χ2v) is 4.33. The SMILES string of the molecule is Cn1c(Cc2ccoc2CN)nc2ccccc21. The molecule has 0 amide bonds. The lowest BCUT2D eigenvalue weighted by Crippen LogP contribution is -2.03. The van der Waals surface area contributed by atoms with Crippen LogP contribution < -0.4 is 5.73 Å². The molecule has 0 aliphatic heterocycles. The van der Waals surface area contributed by atoms with Crippen molar-refractivity contribution in [1.82, 2.24) is 9.55 Å². The van der Waals surface area contributed by atoms with E-state index in [-0.39, 0.29) is 0 Å². The standard InChI is InChI=1S/C14H15N3O/c1-17-12-5-3-2-4-11(12)16-14(17)8-10-6-7-18-13(10)9-15/h2-7H,8-9,15H2,1H3. The molecule has 4 nitrogen and oxygen atoms in total. The van der Waals surface area contributed by atoms with Gasteiger partial charge in [-0.3, -0.25) is 0 Å². The van der Waals surface area contributed by atoms with Crippen LogP contribution in [0, 0.1) is 0 Å². The molecule has 1 aromatic carbocycles. The minimum atomic E-state index is 0.423. The Hall–Kier alpha value is -2.07. The molecule has 0 atom stereocenters. The first-order valence-corrected chi connectivity index (χ1v) is 5.95. The Balaban J connectivity index is 2.02. The van der Waals surface area contributed by atoms with E-state index < -0.39 is 0 Å². The van der Waals surface area contributed by atoms with E-state index in [1.54, 1.807) is 6.26 Å². The summed E-state index contributed by atoms with van der Waals surface area (Å²) in [5.41, 5.74) is 8.91. The monoisotopic (exact) mass is 241 g/mol. The fourth-order valence-corrected chi connectivity index (χ4v) is 2.23. The smallest absolute Gasteiger partial charge is 0.120 e. The van der Waals surface area contributed by atoms with Crippen LogP contribution in [-0.4, -0.2) is 9.55 Å². The topological polar surface area (TPSA) is 57.0 Å². The number of furan rings is 1. The normalized spacial score (nSPS) is 11.2. The molecule has 0 radical (unpaired) electrons. The first-order chi connectivity index (χ1) is 8.79. The molecule has 0 saturated heterocycles. The highest BCUT2D eigenvalue weighted by molar-refractivity contribution is 5.75. The van der Waals surface area contributed by atoms with E-state index in [4.69, 9.17) is 10.2 Å². The molecule has 92 valence electrons. The molecule has 0 aliphatic rings. The minimum Gasteiger partial charge on any atom is -0.468 e. The first kappa shape index (κ1) is 11.0. The lowest BCUT2D eigenvalue weighted by molar-refractivity contribution is 0.508. The highest BCUT2D eigenvalue weighted by Gasteiger charge is 2.11. The lowest BCUT2D eigenvalue weighted by Gasteiger charge is -2.02. The second-order valence-electron chi connectivity index (χ2n) is 4.33. The Kier molecular flexibility index (Phi) is 2.64. The third kappa shape index (κ3) is 1.71. The van der Waals surface area contributed by atoms with Crippen molar-refractivity contribution in [3.63, 3.8) is 0 Å². The summed E-state index contributed by atoms with van der Waals surface area (Å²) in [6, 6.07) is 10.1. The molecule has 0 aliphatic carbocycles. The molecule has 0 unspecified atom stereocenters. The van der Waals surface area contributed by atoms with Crippen molar-refractivity contribution in [2.75, 3.05) is 0 Å². The van der Waals surface area contributed by atoms with Crippen LogP contribution in [0.15, 0.2) is 41.0 Å². The molecule has 2 N–H and O–H groups in total. The van der Waals surface area contributed by atoms with Crippen LogP contribution in [0.5, 0.6) is 0 Å². The van der Waals surface area contributed by atoms with Crippen molar-refractivity contribution in [3.8, 4) is 0 Å². The van der Waals surface area contributed by atoms with E-state index in [9.17, 15) is 0 Å². The quantitative estimate of drug-likeness (QED) is 0.765. The van der Waals surface area contributed by atoms with Gasteiger partial charge in [-0.05, 0) is 18.2 Å². The van der Waals surface area contributed by atoms with Crippen LogP contribution in [0.2, 0.25) is 0 Å². The van der Waals surface area contributed by atoms with Gasteiger partial charge < -0.3 is 14.7 Å². The Morgan fingerprint density at radius 2 is 2.11 bits per heavy atom. The van der Waals surface area contributed by atoms with E-state index in [0.717, 1.165) is 34.6 Å².